The summed E-state index contributed by atoms with van der Waals surface area (Å²) in [6.45, 7) is 6.21. The largest absolute Gasteiger partial charge is 0.489 e. The van der Waals surface area contributed by atoms with Crippen LogP contribution in [0.15, 0.2) is 48.5 Å². The number of carbonyl (C=O) groups is 1. The van der Waals surface area contributed by atoms with Crippen LogP contribution in [0.2, 0.25) is 0 Å². The van der Waals surface area contributed by atoms with Gasteiger partial charge in [0.2, 0.25) is 5.91 Å². The van der Waals surface area contributed by atoms with Crippen molar-refractivity contribution in [3.8, 4) is 5.75 Å². The lowest BCUT2D eigenvalue weighted by Crippen LogP contribution is -2.39. The predicted molar refractivity (Wildman–Crippen MR) is 99.4 cm³/mol. The van der Waals surface area contributed by atoms with E-state index in [9.17, 15) is 4.79 Å². The van der Waals surface area contributed by atoms with Gasteiger partial charge in [-0.15, -0.1) is 12.4 Å². The van der Waals surface area contributed by atoms with Crippen molar-refractivity contribution < 1.29 is 9.53 Å². The molecule has 1 amide bonds. The molecule has 2 rings (SSSR count). The molecule has 0 spiro atoms. The van der Waals surface area contributed by atoms with Gasteiger partial charge in [-0.3, -0.25) is 4.79 Å². The summed E-state index contributed by atoms with van der Waals surface area (Å²) in [4.78, 5) is 11.6. The van der Waals surface area contributed by atoms with Crippen molar-refractivity contribution in [2.24, 2.45) is 5.73 Å². The standard InChI is InChI=1S/C19H24N2O2.ClH/c1-13-5-4-6-16(11-13)12-23-18-9-7-17(8-10-18)15(3)21-19(22)14(2)20;/h4-11,14-15H,12,20H2,1-3H3,(H,21,22);1H/t14-,15?;/m0./s1. The van der Waals surface area contributed by atoms with Crippen LogP contribution >= 0.6 is 12.4 Å². The number of aryl methyl sites for hydroxylation is 1. The summed E-state index contributed by atoms with van der Waals surface area (Å²) < 4.78 is 5.79. The molecule has 130 valence electrons. The Bertz CT molecular complexity index is 657. The van der Waals surface area contributed by atoms with Gasteiger partial charge in [-0.1, -0.05) is 42.0 Å². The van der Waals surface area contributed by atoms with Gasteiger partial charge in [-0.2, -0.15) is 0 Å². The number of benzene rings is 2. The lowest BCUT2D eigenvalue weighted by atomic mass is 10.1. The molecule has 24 heavy (non-hydrogen) atoms. The molecular formula is C19H25ClN2O2. The number of nitrogens with one attached hydrogen (secondary N) is 1. The van der Waals surface area contributed by atoms with Gasteiger partial charge in [-0.25, -0.2) is 0 Å². The first-order valence-corrected chi connectivity index (χ1v) is 7.80. The Balaban J connectivity index is 0.00000288. The third-order valence-electron chi connectivity index (χ3n) is 3.64. The van der Waals surface area contributed by atoms with Gasteiger partial charge >= 0.3 is 0 Å². The third-order valence-corrected chi connectivity index (χ3v) is 3.64. The Morgan fingerprint density at radius 2 is 1.83 bits per heavy atom. The highest BCUT2D eigenvalue weighted by Crippen LogP contribution is 2.19. The number of hydrogen-bond donors (Lipinski definition) is 2. The van der Waals surface area contributed by atoms with Crippen LogP contribution in [0.25, 0.3) is 0 Å². The zero-order valence-corrected chi connectivity index (χ0v) is 15.1. The SMILES string of the molecule is Cc1cccc(COc2ccc(C(C)NC(=O)[C@H](C)N)cc2)c1.Cl. The summed E-state index contributed by atoms with van der Waals surface area (Å²) >= 11 is 0. The first-order valence-electron chi connectivity index (χ1n) is 7.80. The van der Waals surface area contributed by atoms with Crippen LogP contribution in [0.5, 0.6) is 5.75 Å². The van der Waals surface area contributed by atoms with E-state index in [-0.39, 0.29) is 24.4 Å². The maximum atomic E-state index is 11.6. The van der Waals surface area contributed by atoms with Gasteiger partial charge in [0.1, 0.15) is 12.4 Å². The molecule has 5 heteroatoms. The Hall–Kier alpha value is -2.04. The number of ether oxygens (including phenoxy) is 1. The zero-order chi connectivity index (χ0) is 16.8. The molecule has 4 nitrogen and oxygen atoms in total. The van der Waals surface area contributed by atoms with Crippen molar-refractivity contribution in [3.63, 3.8) is 0 Å². The molecule has 0 aliphatic heterocycles. The van der Waals surface area contributed by atoms with Gasteiger partial charge in [0.25, 0.3) is 0 Å². The van der Waals surface area contributed by atoms with Gasteiger partial charge in [0, 0.05) is 0 Å². The van der Waals surface area contributed by atoms with Gasteiger partial charge in [-0.05, 0) is 44.0 Å². The second-order valence-corrected chi connectivity index (χ2v) is 5.87. The quantitative estimate of drug-likeness (QED) is 0.839. The topological polar surface area (TPSA) is 64.3 Å². The highest BCUT2D eigenvalue weighted by atomic mass is 35.5. The van der Waals surface area contributed by atoms with E-state index in [1.54, 1.807) is 6.92 Å². The average Bonchev–Trinajstić information content (AvgIpc) is 2.53. The minimum absolute atomic E-state index is 0. The molecule has 1 unspecified atom stereocenters. The summed E-state index contributed by atoms with van der Waals surface area (Å²) in [5.41, 5.74) is 8.94. The molecule has 2 atom stereocenters. The normalized spacial score (nSPS) is 12.7. The predicted octanol–water partition coefficient (Wildman–Crippen LogP) is 3.52. The van der Waals surface area contributed by atoms with Crippen molar-refractivity contribution in [2.45, 2.75) is 39.5 Å². The van der Waals surface area contributed by atoms with E-state index in [2.05, 4.69) is 24.4 Å². The number of carbonyl (C=O) groups excluding carboxylic acids is 1. The van der Waals surface area contributed by atoms with Gasteiger partial charge in [0.05, 0.1) is 12.1 Å². The van der Waals surface area contributed by atoms with Crippen LogP contribution in [0.4, 0.5) is 0 Å². The first kappa shape index (κ1) is 20.0. The Morgan fingerprint density at radius 3 is 2.42 bits per heavy atom. The van der Waals surface area contributed by atoms with Crippen molar-refractivity contribution >= 4 is 18.3 Å². The van der Waals surface area contributed by atoms with E-state index in [1.165, 1.54) is 5.56 Å². The fourth-order valence-electron chi connectivity index (χ4n) is 2.25. The second-order valence-electron chi connectivity index (χ2n) is 5.87. The molecule has 0 aliphatic carbocycles. The second kappa shape index (κ2) is 9.30. The lowest BCUT2D eigenvalue weighted by molar-refractivity contribution is -0.122. The van der Waals surface area contributed by atoms with Crippen LogP contribution in [0, 0.1) is 6.92 Å². The molecule has 0 fully saturated rings. The highest BCUT2D eigenvalue weighted by molar-refractivity contribution is 5.85. The van der Waals surface area contributed by atoms with E-state index in [0.717, 1.165) is 16.9 Å². The lowest BCUT2D eigenvalue weighted by Gasteiger charge is -2.16. The van der Waals surface area contributed by atoms with Crippen LogP contribution < -0.4 is 15.8 Å². The molecule has 0 bridgehead atoms. The van der Waals surface area contributed by atoms with Crippen LogP contribution in [-0.2, 0) is 11.4 Å². The summed E-state index contributed by atoms with van der Waals surface area (Å²) in [5, 5.41) is 2.87. The summed E-state index contributed by atoms with van der Waals surface area (Å²) in [7, 11) is 0. The maximum absolute atomic E-state index is 11.6. The Labute approximate surface area is 149 Å². The molecule has 0 aliphatic rings. The van der Waals surface area contributed by atoms with Crippen molar-refractivity contribution in [2.75, 3.05) is 0 Å². The number of amides is 1. The van der Waals surface area contributed by atoms with E-state index in [4.69, 9.17) is 10.5 Å². The van der Waals surface area contributed by atoms with Gasteiger partial charge < -0.3 is 15.8 Å². The summed E-state index contributed by atoms with van der Waals surface area (Å²) in [5.74, 6) is 0.651. The molecule has 0 heterocycles. The fourth-order valence-corrected chi connectivity index (χ4v) is 2.25. The van der Waals surface area contributed by atoms with Crippen molar-refractivity contribution in [1.29, 1.82) is 0 Å². The first-order chi connectivity index (χ1) is 11.0. The van der Waals surface area contributed by atoms with Gasteiger partial charge in [0.15, 0.2) is 0 Å². The van der Waals surface area contributed by atoms with Crippen LogP contribution in [0.3, 0.4) is 0 Å². The fraction of sp³-hybridized carbons (Fsp3) is 0.316. The average molecular weight is 349 g/mol. The zero-order valence-electron chi connectivity index (χ0n) is 14.3. The molecular weight excluding hydrogens is 324 g/mol. The molecule has 0 saturated carbocycles. The minimum Gasteiger partial charge on any atom is -0.489 e. The van der Waals surface area contributed by atoms with E-state index >= 15 is 0 Å². The number of halogens is 1. The van der Waals surface area contributed by atoms with E-state index < -0.39 is 6.04 Å². The number of hydrogen-bond acceptors (Lipinski definition) is 3. The minimum atomic E-state index is -0.505. The highest BCUT2D eigenvalue weighted by Gasteiger charge is 2.12. The van der Waals surface area contributed by atoms with Crippen LogP contribution in [0.1, 0.15) is 36.6 Å². The monoisotopic (exact) mass is 348 g/mol. The molecule has 0 radical (unpaired) electrons. The third kappa shape index (κ3) is 5.87. The van der Waals surface area contributed by atoms with E-state index in [0.29, 0.717) is 6.61 Å². The van der Waals surface area contributed by atoms with Crippen molar-refractivity contribution in [3.05, 3.63) is 65.2 Å². The summed E-state index contributed by atoms with van der Waals surface area (Å²) in [6.07, 6.45) is 0. The number of rotatable bonds is 6. The molecule has 2 aromatic rings. The van der Waals surface area contributed by atoms with Crippen molar-refractivity contribution in [1.82, 2.24) is 5.32 Å². The van der Waals surface area contributed by atoms with Crippen LogP contribution in [-0.4, -0.2) is 11.9 Å². The molecule has 3 N–H and O–H groups in total. The Morgan fingerprint density at radius 1 is 1.17 bits per heavy atom. The van der Waals surface area contributed by atoms with E-state index in [1.807, 2.05) is 43.3 Å². The molecule has 2 aromatic carbocycles. The number of nitrogens with two attached hydrogens (primary N) is 1. The molecule has 0 aromatic heterocycles. The summed E-state index contributed by atoms with van der Waals surface area (Å²) in [6, 6.07) is 15.4. The maximum Gasteiger partial charge on any atom is 0.237 e. The molecule has 0 saturated heterocycles. The smallest absolute Gasteiger partial charge is 0.237 e. The Kier molecular flexibility index (Phi) is 7.75.